The van der Waals surface area contributed by atoms with Crippen LogP contribution in [-0.2, 0) is 6.61 Å². The maximum Gasteiger partial charge on any atom is 0.194 e. The van der Waals surface area contributed by atoms with Crippen molar-refractivity contribution in [1.29, 1.82) is 0 Å². The van der Waals surface area contributed by atoms with Crippen LogP contribution in [0.15, 0.2) is 48.5 Å². The number of ether oxygens (including phenoxy) is 1. The minimum absolute atomic E-state index is 0.105. The highest BCUT2D eigenvalue weighted by Gasteiger charge is 2.16. The Morgan fingerprint density at radius 1 is 0.793 bits per heavy atom. The van der Waals surface area contributed by atoms with Crippen molar-refractivity contribution in [2.45, 2.75) is 26.0 Å². The molecule has 3 rings (SSSR count). The molecule has 0 aromatic heterocycles. The molecule has 29 heavy (non-hydrogen) atoms. The second-order valence-electron chi connectivity index (χ2n) is 6.57. The van der Waals surface area contributed by atoms with Crippen LogP contribution >= 0.6 is 0 Å². The molecule has 0 radical (unpaired) electrons. The van der Waals surface area contributed by atoms with Crippen molar-refractivity contribution in [1.82, 2.24) is 0 Å². The smallest absolute Gasteiger partial charge is 0.194 e. The SMILES string of the molecule is CCC(N)c1ccc(-c2cc(F)c(OCc3cc(F)c(F)c(F)c3)c(F)c2)cc1. The van der Waals surface area contributed by atoms with Gasteiger partial charge in [0.2, 0.25) is 0 Å². The van der Waals surface area contributed by atoms with E-state index in [1.807, 2.05) is 6.92 Å². The zero-order valence-corrected chi connectivity index (χ0v) is 15.5. The molecular formula is C22H18F5NO. The molecule has 0 saturated heterocycles. The monoisotopic (exact) mass is 407 g/mol. The molecule has 3 aromatic rings. The molecule has 0 spiro atoms. The van der Waals surface area contributed by atoms with Gasteiger partial charge in [-0.1, -0.05) is 31.2 Å². The first-order chi connectivity index (χ1) is 13.8. The third-order valence-electron chi connectivity index (χ3n) is 4.54. The van der Waals surface area contributed by atoms with E-state index >= 15 is 0 Å². The van der Waals surface area contributed by atoms with E-state index in [1.165, 1.54) is 0 Å². The maximum absolute atomic E-state index is 14.4. The van der Waals surface area contributed by atoms with Gasteiger partial charge in [0.25, 0.3) is 0 Å². The second kappa shape index (κ2) is 8.61. The zero-order valence-electron chi connectivity index (χ0n) is 15.5. The van der Waals surface area contributed by atoms with Gasteiger partial charge in [0.1, 0.15) is 6.61 Å². The summed E-state index contributed by atoms with van der Waals surface area (Å²) < 4.78 is 73.3. The van der Waals surface area contributed by atoms with Crippen LogP contribution in [0.3, 0.4) is 0 Å². The molecule has 2 N–H and O–H groups in total. The van der Waals surface area contributed by atoms with Crippen molar-refractivity contribution in [2.75, 3.05) is 0 Å². The Balaban J connectivity index is 1.81. The van der Waals surface area contributed by atoms with Crippen molar-refractivity contribution in [3.05, 3.63) is 88.7 Å². The van der Waals surface area contributed by atoms with Gasteiger partial charge in [-0.3, -0.25) is 0 Å². The fourth-order valence-electron chi connectivity index (χ4n) is 2.87. The van der Waals surface area contributed by atoms with Gasteiger partial charge in [-0.2, -0.15) is 0 Å². The molecule has 1 unspecified atom stereocenters. The molecular weight excluding hydrogens is 389 g/mol. The van der Waals surface area contributed by atoms with E-state index in [-0.39, 0.29) is 11.6 Å². The van der Waals surface area contributed by atoms with E-state index in [1.54, 1.807) is 24.3 Å². The molecule has 0 fully saturated rings. The molecule has 0 amide bonds. The van der Waals surface area contributed by atoms with Gasteiger partial charge in [0.15, 0.2) is 34.8 Å². The Morgan fingerprint density at radius 3 is 1.86 bits per heavy atom. The summed E-state index contributed by atoms with van der Waals surface area (Å²) in [7, 11) is 0. The predicted octanol–water partition coefficient (Wildman–Crippen LogP) is 6.04. The van der Waals surface area contributed by atoms with Crippen molar-refractivity contribution in [3.8, 4) is 16.9 Å². The first-order valence-electron chi connectivity index (χ1n) is 8.91. The van der Waals surface area contributed by atoms with E-state index in [0.717, 1.165) is 24.1 Å². The summed E-state index contributed by atoms with van der Waals surface area (Å²) in [6.07, 6.45) is 0.760. The number of hydrogen-bond donors (Lipinski definition) is 1. The Labute approximate surface area is 164 Å². The van der Waals surface area contributed by atoms with E-state index in [0.29, 0.717) is 23.3 Å². The highest BCUT2D eigenvalue weighted by atomic mass is 19.2. The molecule has 0 aliphatic carbocycles. The predicted molar refractivity (Wildman–Crippen MR) is 99.7 cm³/mol. The van der Waals surface area contributed by atoms with Crippen LogP contribution in [0.5, 0.6) is 5.75 Å². The molecule has 3 aromatic carbocycles. The third kappa shape index (κ3) is 4.56. The largest absolute Gasteiger partial charge is 0.483 e. The van der Waals surface area contributed by atoms with Crippen LogP contribution in [0.2, 0.25) is 0 Å². The van der Waals surface area contributed by atoms with E-state index in [9.17, 15) is 22.0 Å². The number of hydrogen-bond acceptors (Lipinski definition) is 2. The first-order valence-corrected chi connectivity index (χ1v) is 8.91. The third-order valence-corrected chi connectivity index (χ3v) is 4.54. The molecule has 1 atom stereocenters. The second-order valence-corrected chi connectivity index (χ2v) is 6.57. The van der Waals surface area contributed by atoms with Gasteiger partial charge in [0, 0.05) is 6.04 Å². The highest BCUT2D eigenvalue weighted by molar-refractivity contribution is 5.65. The molecule has 0 saturated carbocycles. The van der Waals surface area contributed by atoms with Crippen LogP contribution < -0.4 is 10.5 Å². The zero-order chi connectivity index (χ0) is 21.1. The molecule has 0 heterocycles. The Hall–Kier alpha value is -2.93. The standard InChI is InChI=1S/C22H18F5NO/c1-2-20(28)14-5-3-13(4-6-14)15-9-18(25)22(19(26)10-15)29-11-12-7-16(23)21(27)17(24)8-12/h3-10,20H,2,11,28H2,1H3. The Morgan fingerprint density at radius 2 is 1.34 bits per heavy atom. The van der Waals surface area contributed by atoms with Crippen LogP contribution in [0.4, 0.5) is 22.0 Å². The Bertz CT molecular complexity index is 974. The molecule has 7 heteroatoms. The quantitative estimate of drug-likeness (QED) is 0.400. The van der Waals surface area contributed by atoms with Gasteiger partial charge in [0.05, 0.1) is 0 Å². The van der Waals surface area contributed by atoms with Crippen molar-refractivity contribution in [3.63, 3.8) is 0 Å². The topological polar surface area (TPSA) is 35.2 Å². The average Bonchev–Trinajstić information content (AvgIpc) is 2.70. The lowest BCUT2D eigenvalue weighted by Crippen LogP contribution is -2.08. The minimum Gasteiger partial charge on any atom is -0.483 e. The minimum atomic E-state index is -1.62. The first kappa shape index (κ1) is 20.8. The fourth-order valence-corrected chi connectivity index (χ4v) is 2.87. The lowest BCUT2D eigenvalue weighted by Gasteiger charge is -2.12. The molecule has 0 aliphatic rings. The van der Waals surface area contributed by atoms with Crippen LogP contribution in [-0.4, -0.2) is 0 Å². The molecule has 152 valence electrons. The molecule has 2 nitrogen and oxygen atoms in total. The van der Waals surface area contributed by atoms with Gasteiger partial charge in [-0.25, -0.2) is 22.0 Å². The molecule has 0 aliphatic heterocycles. The normalized spacial score (nSPS) is 12.1. The van der Waals surface area contributed by atoms with Crippen molar-refractivity contribution >= 4 is 0 Å². The summed E-state index contributed by atoms with van der Waals surface area (Å²) in [5, 5.41) is 0. The number of nitrogens with two attached hydrogens (primary N) is 1. The van der Waals surface area contributed by atoms with Crippen LogP contribution in [0.25, 0.3) is 11.1 Å². The average molecular weight is 407 g/mol. The van der Waals surface area contributed by atoms with E-state index in [2.05, 4.69) is 0 Å². The van der Waals surface area contributed by atoms with Gasteiger partial charge < -0.3 is 10.5 Å². The summed E-state index contributed by atoms with van der Waals surface area (Å²) in [5.41, 5.74) is 7.64. The van der Waals surface area contributed by atoms with Gasteiger partial charge in [-0.15, -0.1) is 0 Å². The summed E-state index contributed by atoms with van der Waals surface area (Å²) in [4.78, 5) is 0. The van der Waals surface area contributed by atoms with Crippen LogP contribution in [0, 0.1) is 29.1 Å². The van der Waals surface area contributed by atoms with E-state index in [4.69, 9.17) is 10.5 Å². The van der Waals surface area contributed by atoms with Gasteiger partial charge >= 0.3 is 0 Å². The Kier molecular flexibility index (Phi) is 6.17. The summed E-state index contributed by atoms with van der Waals surface area (Å²) in [5.74, 6) is -7.09. The summed E-state index contributed by atoms with van der Waals surface area (Å²) >= 11 is 0. The number of rotatable bonds is 6. The van der Waals surface area contributed by atoms with Gasteiger partial charge in [-0.05, 0) is 52.9 Å². The van der Waals surface area contributed by atoms with Crippen molar-refractivity contribution < 1.29 is 26.7 Å². The number of halogens is 5. The maximum atomic E-state index is 14.4. The highest BCUT2D eigenvalue weighted by Crippen LogP contribution is 2.30. The summed E-state index contributed by atoms with van der Waals surface area (Å²) in [6, 6.07) is 10.5. The van der Waals surface area contributed by atoms with E-state index < -0.39 is 41.4 Å². The summed E-state index contributed by atoms with van der Waals surface area (Å²) in [6.45, 7) is 1.42. The number of benzene rings is 3. The van der Waals surface area contributed by atoms with Crippen LogP contribution in [0.1, 0.15) is 30.5 Å². The van der Waals surface area contributed by atoms with Crippen molar-refractivity contribution in [2.24, 2.45) is 5.73 Å². The lowest BCUT2D eigenvalue weighted by atomic mass is 10.00. The fraction of sp³-hybridized carbons (Fsp3) is 0.182. The lowest BCUT2D eigenvalue weighted by molar-refractivity contribution is 0.272. The molecule has 0 bridgehead atoms.